The molecule has 4 heterocycles. The highest BCUT2D eigenvalue weighted by Crippen LogP contribution is 2.21. The van der Waals surface area contributed by atoms with Crippen molar-refractivity contribution in [1.82, 2.24) is 25.0 Å². The van der Waals surface area contributed by atoms with Crippen molar-refractivity contribution in [1.29, 1.82) is 0 Å². The summed E-state index contributed by atoms with van der Waals surface area (Å²) in [6, 6.07) is 7.45. The molecule has 1 amide bonds. The average molecular weight is 408 g/mol. The molecule has 1 aliphatic heterocycles. The fraction of sp³-hybridized carbons (Fsp3) is 0.381. The largest absolute Gasteiger partial charge is 0.482 e. The summed E-state index contributed by atoms with van der Waals surface area (Å²) in [5, 5.41) is 4.02. The van der Waals surface area contributed by atoms with Crippen LogP contribution in [0.5, 0.6) is 5.75 Å². The molecule has 3 aromatic rings. The van der Waals surface area contributed by atoms with Crippen molar-refractivity contribution in [3.63, 3.8) is 0 Å². The number of pyridine rings is 2. The van der Waals surface area contributed by atoms with E-state index in [1.807, 2.05) is 30.9 Å². The van der Waals surface area contributed by atoms with Crippen molar-refractivity contribution in [3.8, 4) is 17.1 Å². The van der Waals surface area contributed by atoms with Gasteiger partial charge in [0.1, 0.15) is 11.6 Å². The summed E-state index contributed by atoms with van der Waals surface area (Å²) >= 11 is 0. The van der Waals surface area contributed by atoms with Gasteiger partial charge in [0.15, 0.2) is 6.61 Å². The van der Waals surface area contributed by atoms with Crippen LogP contribution in [0.3, 0.4) is 0 Å². The van der Waals surface area contributed by atoms with Crippen LogP contribution in [0.25, 0.3) is 11.4 Å². The molecule has 0 atom stereocenters. The van der Waals surface area contributed by atoms with Gasteiger partial charge in [0.25, 0.3) is 5.91 Å². The van der Waals surface area contributed by atoms with E-state index in [9.17, 15) is 4.79 Å². The number of nitrogens with zero attached hydrogens (tertiary/aromatic N) is 6. The Morgan fingerprint density at radius 2 is 2.00 bits per heavy atom. The Morgan fingerprint density at radius 1 is 1.17 bits per heavy atom. The first-order chi connectivity index (χ1) is 14.6. The highest BCUT2D eigenvalue weighted by molar-refractivity contribution is 5.78. The zero-order chi connectivity index (χ0) is 20.9. The number of rotatable bonds is 6. The molecule has 156 valence electrons. The van der Waals surface area contributed by atoms with Crippen molar-refractivity contribution >= 4 is 11.7 Å². The molecule has 0 unspecified atom stereocenters. The average Bonchev–Trinajstić information content (AvgIpc) is 3.29. The van der Waals surface area contributed by atoms with E-state index in [0.29, 0.717) is 43.6 Å². The van der Waals surface area contributed by atoms with Gasteiger partial charge in [-0.05, 0) is 24.3 Å². The van der Waals surface area contributed by atoms with Gasteiger partial charge < -0.3 is 19.1 Å². The van der Waals surface area contributed by atoms with Crippen LogP contribution in [0.15, 0.2) is 47.4 Å². The van der Waals surface area contributed by atoms with Gasteiger partial charge in [-0.1, -0.05) is 19.0 Å². The summed E-state index contributed by atoms with van der Waals surface area (Å²) in [6.07, 6.45) is 5.02. The summed E-state index contributed by atoms with van der Waals surface area (Å²) in [7, 11) is 0. The Hall–Kier alpha value is -3.49. The zero-order valence-electron chi connectivity index (χ0n) is 17.1. The van der Waals surface area contributed by atoms with Gasteiger partial charge in [0.05, 0.1) is 6.20 Å². The van der Waals surface area contributed by atoms with Crippen LogP contribution in [0.4, 0.5) is 5.82 Å². The van der Waals surface area contributed by atoms with E-state index in [4.69, 9.17) is 9.26 Å². The molecule has 1 saturated heterocycles. The maximum absolute atomic E-state index is 12.4. The topological polar surface area (TPSA) is 97.5 Å². The lowest BCUT2D eigenvalue weighted by Crippen LogP contribution is -2.50. The lowest BCUT2D eigenvalue weighted by Gasteiger charge is -2.35. The minimum Gasteiger partial charge on any atom is -0.482 e. The highest BCUT2D eigenvalue weighted by atomic mass is 16.5. The van der Waals surface area contributed by atoms with Crippen LogP contribution < -0.4 is 9.64 Å². The quantitative estimate of drug-likeness (QED) is 0.613. The summed E-state index contributed by atoms with van der Waals surface area (Å²) in [4.78, 5) is 29.3. The normalized spacial score (nSPS) is 14.2. The molecule has 0 aliphatic carbocycles. The molecule has 0 saturated carbocycles. The molecule has 1 fully saturated rings. The highest BCUT2D eigenvalue weighted by Gasteiger charge is 2.22. The van der Waals surface area contributed by atoms with Gasteiger partial charge >= 0.3 is 0 Å². The van der Waals surface area contributed by atoms with Crippen molar-refractivity contribution in [2.24, 2.45) is 0 Å². The number of anilines is 1. The van der Waals surface area contributed by atoms with E-state index < -0.39 is 0 Å². The molecule has 0 bridgehead atoms. The maximum Gasteiger partial charge on any atom is 0.260 e. The van der Waals surface area contributed by atoms with E-state index >= 15 is 0 Å². The first-order valence-electron chi connectivity index (χ1n) is 9.96. The number of carbonyl (C=O) groups is 1. The van der Waals surface area contributed by atoms with E-state index in [1.54, 1.807) is 30.7 Å². The van der Waals surface area contributed by atoms with Crippen LogP contribution in [0, 0.1) is 0 Å². The van der Waals surface area contributed by atoms with E-state index in [1.165, 1.54) is 0 Å². The molecule has 1 aliphatic rings. The third-order valence-corrected chi connectivity index (χ3v) is 4.89. The first kappa shape index (κ1) is 19.8. The van der Waals surface area contributed by atoms with Gasteiger partial charge in [-0.15, -0.1) is 0 Å². The smallest absolute Gasteiger partial charge is 0.260 e. The van der Waals surface area contributed by atoms with Crippen LogP contribution in [0.1, 0.15) is 25.7 Å². The molecule has 4 rings (SSSR count). The van der Waals surface area contributed by atoms with Gasteiger partial charge in [0, 0.05) is 50.1 Å². The number of carbonyl (C=O) groups excluding carboxylic acids is 1. The molecule has 0 spiro atoms. The second-order valence-electron chi connectivity index (χ2n) is 7.36. The minimum atomic E-state index is -0.0279. The lowest BCUT2D eigenvalue weighted by molar-refractivity contribution is -0.133. The van der Waals surface area contributed by atoms with Crippen molar-refractivity contribution in [2.45, 2.75) is 19.8 Å². The van der Waals surface area contributed by atoms with Gasteiger partial charge in [-0.25, -0.2) is 4.98 Å². The van der Waals surface area contributed by atoms with Crippen molar-refractivity contribution in [3.05, 3.63) is 48.7 Å². The third kappa shape index (κ3) is 4.56. The molecular weight excluding hydrogens is 384 g/mol. The van der Waals surface area contributed by atoms with Crippen LogP contribution in [-0.2, 0) is 4.79 Å². The minimum absolute atomic E-state index is 0.0156. The Balaban J connectivity index is 1.29. The second kappa shape index (κ2) is 8.89. The third-order valence-electron chi connectivity index (χ3n) is 4.89. The summed E-state index contributed by atoms with van der Waals surface area (Å²) in [5.74, 6) is 2.78. The molecule has 0 radical (unpaired) electrons. The van der Waals surface area contributed by atoms with Crippen LogP contribution >= 0.6 is 0 Å². The lowest BCUT2D eigenvalue weighted by atomic mass is 10.2. The molecule has 3 aromatic heterocycles. The van der Waals surface area contributed by atoms with Crippen molar-refractivity contribution < 1.29 is 14.1 Å². The summed E-state index contributed by atoms with van der Waals surface area (Å²) in [6.45, 7) is 6.71. The van der Waals surface area contributed by atoms with Crippen LogP contribution in [-0.4, -0.2) is 63.7 Å². The maximum atomic E-state index is 12.4. The number of amides is 1. The van der Waals surface area contributed by atoms with Gasteiger partial charge in [-0.3, -0.25) is 9.78 Å². The molecular formula is C21H24N6O3. The Kier molecular flexibility index (Phi) is 5.87. The van der Waals surface area contributed by atoms with E-state index in [0.717, 1.165) is 11.4 Å². The predicted molar refractivity (Wildman–Crippen MR) is 110 cm³/mol. The first-order valence-corrected chi connectivity index (χ1v) is 9.96. The van der Waals surface area contributed by atoms with Crippen molar-refractivity contribution in [2.75, 3.05) is 37.7 Å². The monoisotopic (exact) mass is 408 g/mol. The SMILES string of the molecule is CC(C)c1nc(-c2ccc(N3CCN(C(=O)COc4cccnc4)CC3)nc2)no1. The van der Waals surface area contributed by atoms with Crippen LogP contribution in [0.2, 0.25) is 0 Å². The molecule has 30 heavy (non-hydrogen) atoms. The van der Waals surface area contributed by atoms with Gasteiger partial charge in [0.2, 0.25) is 11.7 Å². The fourth-order valence-electron chi connectivity index (χ4n) is 3.15. The van der Waals surface area contributed by atoms with E-state index in [2.05, 4.69) is 25.0 Å². The zero-order valence-corrected chi connectivity index (χ0v) is 17.1. The standard InChI is InChI=1S/C21H24N6O3/c1-15(2)21-24-20(25-30-21)16-5-6-18(23-12-16)26-8-10-27(11-9-26)19(28)14-29-17-4-3-7-22-13-17/h3-7,12-13,15H,8-11,14H2,1-2H3. The predicted octanol–water partition coefficient (Wildman–Crippen LogP) is 2.38. The molecule has 9 nitrogen and oxygen atoms in total. The number of hydrogen-bond donors (Lipinski definition) is 0. The Bertz CT molecular complexity index is 966. The van der Waals surface area contributed by atoms with E-state index in [-0.39, 0.29) is 18.4 Å². The van der Waals surface area contributed by atoms with Gasteiger partial charge in [-0.2, -0.15) is 4.98 Å². The number of aromatic nitrogens is 4. The second-order valence-corrected chi connectivity index (χ2v) is 7.36. The summed E-state index contributed by atoms with van der Waals surface area (Å²) in [5.41, 5.74) is 0.816. The number of ether oxygens (including phenoxy) is 1. The Morgan fingerprint density at radius 3 is 2.63 bits per heavy atom. The number of piperazine rings is 1. The molecule has 0 N–H and O–H groups in total. The molecule has 9 heteroatoms. The summed E-state index contributed by atoms with van der Waals surface area (Å²) < 4.78 is 10.8. The number of hydrogen-bond acceptors (Lipinski definition) is 8. The Labute approximate surface area is 174 Å². The molecule has 0 aromatic carbocycles. The fourth-order valence-corrected chi connectivity index (χ4v) is 3.15.